The van der Waals surface area contributed by atoms with Gasteiger partial charge >= 0.3 is 0 Å². The van der Waals surface area contributed by atoms with Crippen molar-refractivity contribution in [2.45, 2.75) is 76.4 Å². The minimum atomic E-state index is -0.0893. The number of nitrogens with one attached hydrogen (secondary N) is 2. The summed E-state index contributed by atoms with van der Waals surface area (Å²) in [6, 6.07) is 8.10. The van der Waals surface area contributed by atoms with Gasteiger partial charge in [-0.2, -0.15) is 0 Å². The molecule has 0 bridgehead atoms. The number of anilines is 1. The Morgan fingerprint density at radius 1 is 1.04 bits per heavy atom. The molecule has 0 radical (unpaired) electrons. The molecule has 2 N–H and O–H groups in total. The highest BCUT2D eigenvalue weighted by molar-refractivity contribution is 5.97. The van der Waals surface area contributed by atoms with E-state index >= 15 is 0 Å². The molecule has 4 atom stereocenters. The maximum Gasteiger partial charge on any atom is 0.254 e. The van der Waals surface area contributed by atoms with E-state index in [0.29, 0.717) is 23.6 Å². The van der Waals surface area contributed by atoms with Gasteiger partial charge in [-0.25, -0.2) is 0 Å². The number of fused-ring (bicyclic) bond motifs is 1. The second-order valence-corrected chi connectivity index (χ2v) is 8.52. The Hall–Kier alpha value is -1.88. The number of carbonyl (C=O) groups excluding carboxylic acids is 2. The first-order valence-corrected chi connectivity index (χ1v) is 10.6. The minimum Gasteiger partial charge on any atom is -0.336 e. The molecular formula is C22H31N3O2. The van der Waals surface area contributed by atoms with Crippen LogP contribution in [0.5, 0.6) is 0 Å². The quantitative estimate of drug-likeness (QED) is 0.856. The normalized spacial score (nSPS) is 30.6. The fourth-order valence-electron chi connectivity index (χ4n) is 5.01. The maximum atomic E-state index is 12.7. The van der Waals surface area contributed by atoms with Crippen molar-refractivity contribution in [2.75, 3.05) is 11.9 Å². The molecule has 2 amide bonds. The van der Waals surface area contributed by atoms with E-state index in [4.69, 9.17) is 0 Å². The van der Waals surface area contributed by atoms with Gasteiger partial charge < -0.3 is 15.5 Å². The first-order valence-electron chi connectivity index (χ1n) is 10.6. The number of carbonyl (C=O) groups is 2. The van der Waals surface area contributed by atoms with Crippen LogP contribution in [0.2, 0.25) is 0 Å². The van der Waals surface area contributed by atoms with Crippen LogP contribution < -0.4 is 10.6 Å². The molecule has 4 rings (SSSR count). The van der Waals surface area contributed by atoms with Crippen molar-refractivity contribution in [3.05, 3.63) is 29.8 Å². The van der Waals surface area contributed by atoms with Crippen molar-refractivity contribution in [3.8, 4) is 0 Å². The van der Waals surface area contributed by atoms with Gasteiger partial charge in [0.25, 0.3) is 5.91 Å². The highest BCUT2D eigenvalue weighted by Crippen LogP contribution is 2.33. The van der Waals surface area contributed by atoms with Crippen LogP contribution >= 0.6 is 0 Å². The molecule has 1 saturated carbocycles. The van der Waals surface area contributed by atoms with Crippen LogP contribution in [0.3, 0.4) is 0 Å². The van der Waals surface area contributed by atoms with Gasteiger partial charge in [-0.3, -0.25) is 9.59 Å². The lowest BCUT2D eigenvalue weighted by Crippen LogP contribution is -2.42. The number of benzene rings is 1. The van der Waals surface area contributed by atoms with Crippen molar-refractivity contribution in [1.29, 1.82) is 0 Å². The predicted octanol–water partition coefficient (Wildman–Crippen LogP) is 3.56. The summed E-state index contributed by atoms with van der Waals surface area (Å²) in [5.41, 5.74) is 1.46. The molecule has 146 valence electrons. The SMILES string of the molecule is CC1CCCCN1C(=O)c1ccc(NC(=O)C2CC3CCCCC3N2)cc1. The van der Waals surface area contributed by atoms with Crippen LogP contribution in [0.25, 0.3) is 0 Å². The summed E-state index contributed by atoms with van der Waals surface area (Å²) in [5, 5.41) is 6.54. The zero-order valence-electron chi connectivity index (χ0n) is 16.2. The Bertz CT molecular complexity index is 673. The molecule has 2 aliphatic heterocycles. The van der Waals surface area contributed by atoms with Crippen molar-refractivity contribution < 1.29 is 9.59 Å². The standard InChI is InChI=1S/C22H31N3O2/c1-15-6-4-5-13-25(15)22(27)16-9-11-18(12-10-16)23-21(26)20-14-17-7-2-3-8-19(17)24-20/h9-12,15,17,19-20,24H,2-8,13-14H2,1H3,(H,23,26). The molecule has 0 spiro atoms. The largest absolute Gasteiger partial charge is 0.336 e. The Balaban J connectivity index is 1.35. The van der Waals surface area contributed by atoms with Gasteiger partial charge in [-0.05, 0) is 75.6 Å². The van der Waals surface area contributed by atoms with E-state index in [1.54, 1.807) is 0 Å². The Kier molecular flexibility index (Phi) is 5.48. The summed E-state index contributed by atoms with van der Waals surface area (Å²) >= 11 is 0. The number of amides is 2. The smallest absolute Gasteiger partial charge is 0.254 e. The van der Waals surface area contributed by atoms with Crippen molar-refractivity contribution >= 4 is 17.5 Å². The molecule has 3 aliphatic rings. The molecule has 2 heterocycles. The predicted molar refractivity (Wildman–Crippen MR) is 107 cm³/mol. The van der Waals surface area contributed by atoms with E-state index < -0.39 is 0 Å². The second-order valence-electron chi connectivity index (χ2n) is 8.52. The van der Waals surface area contributed by atoms with Gasteiger partial charge in [0.05, 0.1) is 6.04 Å². The zero-order valence-corrected chi connectivity index (χ0v) is 16.2. The third-order valence-electron chi connectivity index (χ3n) is 6.64. The fraction of sp³-hybridized carbons (Fsp3) is 0.636. The molecule has 1 aliphatic carbocycles. The lowest BCUT2D eigenvalue weighted by atomic mass is 9.85. The van der Waals surface area contributed by atoms with Gasteiger partial charge in [0, 0.05) is 29.9 Å². The van der Waals surface area contributed by atoms with Crippen LogP contribution in [0, 0.1) is 5.92 Å². The van der Waals surface area contributed by atoms with Gasteiger partial charge in [-0.15, -0.1) is 0 Å². The molecule has 0 aromatic heterocycles. The summed E-state index contributed by atoms with van der Waals surface area (Å²) in [7, 11) is 0. The van der Waals surface area contributed by atoms with Crippen LogP contribution in [0.4, 0.5) is 5.69 Å². The summed E-state index contributed by atoms with van der Waals surface area (Å²) < 4.78 is 0. The van der Waals surface area contributed by atoms with E-state index in [9.17, 15) is 9.59 Å². The average molecular weight is 370 g/mol. The van der Waals surface area contributed by atoms with Gasteiger partial charge in [0.15, 0.2) is 0 Å². The molecule has 1 aromatic rings. The molecule has 5 nitrogen and oxygen atoms in total. The fourth-order valence-corrected chi connectivity index (χ4v) is 5.01. The summed E-state index contributed by atoms with van der Waals surface area (Å²) in [6.07, 6.45) is 9.31. The molecule has 4 unspecified atom stereocenters. The molecule has 3 fully saturated rings. The minimum absolute atomic E-state index is 0.0492. The highest BCUT2D eigenvalue weighted by atomic mass is 16.2. The Labute approximate surface area is 161 Å². The number of piperidine rings is 1. The topological polar surface area (TPSA) is 61.4 Å². The molecule has 1 aromatic carbocycles. The van der Waals surface area contributed by atoms with Crippen LogP contribution in [0.1, 0.15) is 68.6 Å². The lowest BCUT2D eigenvalue weighted by molar-refractivity contribution is -0.117. The summed E-state index contributed by atoms with van der Waals surface area (Å²) in [6.45, 7) is 2.96. The van der Waals surface area contributed by atoms with E-state index in [1.165, 1.54) is 32.1 Å². The van der Waals surface area contributed by atoms with Gasteiger partial charge in [0.1, 0.15) is 0 Å². The third kappa shape index (κ3) is 4.03. The van der Waals surface area contributed by atoms with E-state index in [-0.39, 0.29) is 17.9 Å². The molecule has 2 saturated heterocycles. The number of hydrogen-bond donors (Lipinski definition) is 2. The third-order valence-corrected chi connectivity index (χ3v) is 6.64. The first kappa shape index (κ1) is 18.5. The lowest BCUT2D eigenvalue weighted by Gasteiger charge is -2.33. The summed E-state index contributed by atoms with van der Waals surface area (Å²) in [4.78, 5) is 27.3. The maximum absolute atomic E-state index is 12.7. The molecule has 5 heteroatoms. The molecular weight excluding hydrogens is 338 g/mol. The molecule has 27 heavy (non-hydrogen) atoms. The first-order chi connectivity index (χ1) is 13.1. The van der Waals surface area contributed by atoms with Crippen LogP contribution in [-0.2, 0) is 4.79 Å². The van der Waals surface area contributed by atoms with Crippen LogP contribution in [-0.4, -0.2) is 41.4 Å². The van der Waals surface area contributed by atoms with Gasteiger partial charge in [0.2, 0.25) is 5.91 Å². The van der Waals surface area contributed by atoms with E-state index in [2.05, 4.69) is 17.6 Å². The number of nitrogens with zero attached hydrogens (tertiary/aromatic N) is 1. The average Bonchev–Trinajstić information content (AvgIpc) is 3.13. The van der Waals surface area contributed by atoms with Crippen LogP contribution in [0.15, 0.2) is 24.3 Å². The number of likely N-dealkylation sites (tertiary alicyclic amines) is 1. The highest BCUT2D eigenvalue weighted by Gasteiger charge is 2.38. The second kappa shape index (κ2) is 8.01. The van der Waals surface area contributed by atoms with E-state index in [0.717, 1.165) is 31.5 Å². The van der Waals surface area contributed by atoms with E-state index in [1.807, 2.05) is 29.2 Å². The van der Waals surface area contributed by atoms with Crippen molar-refractivity contribution in [3.63, 3.8) is 0 Å². The van der Waals surface area contributed by atoms with Crippen molar-refractivity contribution in [1.82, 2.24) is 10.2 Å². The monoisotopic (exact) mass is 369 g/mol. The summed E-state index contributed by atoms with van der Waals surface area (Å²) in [5.74, 6) is 0.802. The zero-order chi connectivity index (χ0) is 18.8. The number of hydrogen-bond acceptors (Lipinski definition) is 3. The Morgan fingerprint density at radius 3 is 2.52 bits per heavy atom. The Morgan fingerprint density at radius 2 is 1.78 bits per heavy atom. The van der Waals surface area contributed by atoms with Crippen molar-refractivity contribution in [2.24, 2.45) is 5.92 Å². The van der Waals surface area contributed by atoms with Gasteiger partial charge in [-0.1, -0.05) is 12.8 Å². The number of rotatable bonds is 3.